The Kier molecular flexibility index (Phi) is 15.5. The van der Waals surface area contributed by atoms with Crippen LogP contribution in [-0.4, -0.2) is 71.6 Å². The maximum Gasteiger partial charge on any atom is 0.416 e. The number of benzene rings is 2. The minimum Gasteiger partial charge on any atom is -0.457 e. The predicted molar refractivity (Wildman–Crippen MR) is 226 cm³/mol. The van der Waals surface area contributed by atoms with Crippen LogP contribution in [-0.2, 0) is 21.8 Å². The van der Waals surface area contributed by atoms with E-state index >= 15 is 0 Å². The number of alkyl carbamates (subject to hydrolysis) is 2. The van der Waals surface area contributed by atoms with Gasteiger partial charge in [-0.05, 0) is 122 Å². The van der Waals surface area contributed by atoms with Crippen LogP contribution >= 0.6 is 11.6 Å². The van der Waals surface area contributed by atoms with Gasteiger partial charge in [0.15, 0.2) is 11.6 Å². The highest BCUT2D eigenvalue weighted by molar-refractivity contribution is 6.34. The first-order valence-electron chi connectivity index (χ1n) is 20.2. The second kappa shape index (κ2) is 20.2. The fraction of sp³-hybridized carbons (Fsp3) is 0.455. The van der Waals surface area contributed by atoms with Crippen molar-refractivity contribution in [1.82, 2.24) is 20.6 Å². The zero-order valence-electron chi connectivity index (χ0n) is 35.7. The molecule has 4 aromatic rings. The van der Waals surface area contributed by atoms with Crippen LogP contribution in [0.4, 0.5) is 47.6 Å². The molecule has 19 heteroatoms. The Morgan fingerprint density at radius 2 is 1.03 bits per heavy atom. The van der Waals surface area contributed by atoms with E-state index in [0.717, 1.165) is 37.1 Å². The van der Waals surface area contributed by atoms with Crippen molar-refractivity contribution in [2.45, 2.75) is 103 Å². The van der Waals surface area contributed by atoms with E-state index < -0.39 is 46.9 Å². The molecular formula is C44H51ClF6N6O6. The Labute approximate surface area is 367 Å². The second-order valence-electron chi connectivity index (χ2n) is 16.9. The number of aromatic nitrogens is 2. The third-order valence-corrected chi connectivity index (χ3v) is 9.79. The van der Waals surface area contributed by atoms with Gasteiger partial charge in [-0.2, -0.15) is 26.3 Å². The van der Waals surface area contributed by atoms with Crippen molar-refractivity contribution in [1.29, 1.82) is 0 Å². The van der Waals surface area contributed by atoms with E-state index in [0.29, 0.717) is 67.9 Å². The summed E-state index contributed by atoms with van der Waals surface area (Å²) in [6.45, 7) is 13.5. The summed E-state index contributed by atoms with van der Waals surface area (Å²) in [5.41, 5.74) is -2.58. The number of rotatable bonds is 8. The molecule has 0 bridgehead atoms. The highest BCUT2D eigenvalue weighted by Gasteiger charge is 2.32. The summed E-state index contributed by atoms with van der Waals surface area (Å²) in [5, 5.41) is 6.04. The summed E-state index contributed by atoms with van der Waals surface area (Å²) >= 11 is 6.49. The molecule has 2 aromatic heterocycles. The zero-order chi connectivity index (χ0) is 46.2. The van der Waals surface area contributed by atoms with Gasteiger partial charge in [-0.3, -0.25) is 0 Å². The molecule has 63 heavy (non-hydrogen) atoms. The monoisotopic (exact) mass is 908 g/mol. The molecule has 2 aliphatic heterocycles. The molecule has 4 heterocycles. The van der Waals surface area contributed by atoms with E-state index in [2.05, 4.69) is 25.5 Å². The molecule has 0 atom stereocenters. The van der Waals surface area contributed by atoms with E-state index in [1.807, 2.05) is 46.4 Å². The lowest BCUT2D eigenvalue weighted by atomic mass is 10.1. The van der Waals surface area contributed by atoms with Gasteiger partial charge in [0.2, 0.25) is 0 Å². The summed E-state index contributed by atoms with van der Waals surface area (Å²) in [6, 6.07) is 13.9. The summed E-state index contributed by atoms with van der Waals surface area (Å²) in [6.07, 6.45) is -3.68. The Morgan fingerprint density at radius 3 is 1.48 bits per heavy atom. The highest BCUT2D eigenvalue weighted by atomic mass is 35.5. The number of piperidine rings is 2. The molecule has 0 spiro atoms. The lowest BCUT2D eigenvalue weighted by Crippen LogP contribution is -2.46. The number of alkyl halides is 6. The number of nitrogens with zero attached hydrogens (tertiary/aromatic N) is 4. The molecule has 0 unspecified atom stereocenters. The molecule has 2 saturated heterocycles. The predicted octanol–water partition coefficient (Wildman–Crippen LogP) is 11.4. The quantitative estimate of drug-likeness (QED) is 0.165. The van der Waals surface area contributed by atoms with Crippen LogP contribution < -0.4 is 29.9 Å². The Balaban J connectivity index is 0.000000238. The minimum absolute atomic E-state index is 0.0218. The van der Waals surface area contributed by atoms with E-state index in [9.17, 15) is 35.9 Å². The molecule has 6 rings (SSSR count). The third-order valence-electron chi connectivity index (χ3n) is 9.43. The van der Waals surface area contributed by atoms with Gasteiger partial charge in [-0.1, -0.05) is 11.6 Å². The standard InChI is InChI=1S/C22H25ClF3N3O3.C22H26F3N3O3/c1-21(2,3)32-20(30)28-15-9-12-29(13-10-15)19-18(23)17(8-11-27-19)31-16-6-4-14(5-7-16)22(24,25)26;1-21(2,3)31-20(29)27-16-9-12-28(13-10-16)19-14-18(8-11-26-19)30-17-6-4-15(5-7-17)22(23,24)25/h4-8,11,15H,9-10,12-13H2,1-3H3,(H,28,30);4-8,11,14,16H,9-10,12-13H2,1-3H3,(H,27,29). The normalized spacial score (nSPS) is 15.4. The maximum absolute atomic E-state index is 12.7. The fourth-order valence-electron chi connectivity index (χ4n) is 6.47. The number of hydrogen-bond acceptors (Lipinski definition) is 10. The number of hydrogen-bond donors (Lipinski definition) is 2. The summed E-state index contributed by atoms with van der Waals surface area (Å²) in [7, 11) is 0. The molecule has 342 valence electrons. The average molecular weight is 909 g/mol. The number of carbonyl (C=O) groups excluding carboxylic acids is 2. The Bertz CT molecular complexity index is 2130. The van der Waals surface area contributed by atoms with Gasteiger partial charge < -0.3 is 39.4 Å². The van der Waals surface area contributed by atoms with Gasteiger partial charge in [0.25, 0.3) is 0 Å². The molecular weight excluding hydrogens is 858 g/mol. The number of halogens is 7. The Hall–Kier alpha value is -5.65. The molecule has 2 aliphatic rings. The van der Waals surface area contributed by atoms with Crippen molar-refractivity contribution in [3.05, 3.63) is 95.3 Å². The van der Waals surface area contributed by atoms with E-state index in [1.165, 1.54) is 30.5 Å². The largest absolute Gasteiger partial charge is 0.457 e. The second-order valence-corrected chi connectivity index (χ2v) is 17.2. The molecule has 0 saturated carbocycles. The molecule has 12 nitrogen and oxygen atoms in total. The molecule has 0 aliphatic carbocycles. The molecule has 2 amide bonds. The molecule has 2 N–H and O–H groups in total. The first kappa shape index (κ1) is 48.4. The van der Waals surface area contributed by atoms with Gasteiger partial charge in [0, 0.05) is 62.8 Å². The number of anilines is 2. The fourth-order valence-corrected chi connectivity index (χ4v) is 6.74. The first-order chi connectivity index (χ1) is 29.4. The van der Waals surface area contributed by atoms with Crippen LogP contribution in [0.25, 0.3) is 0 Å². The van der Waals surface area contributed by atoms with Crippen LogP contribution in [0.3, 0.4) is 0 Å². The van der Waals surface area contributed by atoms with E-state index in [-0.39, 0.29) is 22.9 Å². The molecule has 0 radical (unpaired) electrons. The summed E-state index contributed by atoms with van der Waals surface area (Å²) in [5.74, 6) is 2.55. The Morgan fingerprint density at radius 1 is 0.603 bits per heavy atom. The zero-order valence-corrected chi connectivity index (χ0v) is 36.5. The molecule has 2 aromatic carbocycles. The van der Waals surface area contributed by atoms with Gasteiger partial charge in [0.1, 0.15) is 39.3 Å². The maximum atomic E-state index is 12.7. The van der Waals surface area contributed by atoms with Crippen LogP contribution in [0.2, 0.25) is 5.02 Å². The van der Waals surface area contributed by atoms with Crippen LogP contribution in [0.5, 0.6) is 23.0 Å². The lowest BCUT2D eigenvalue weighted by Gasteiger charge is -2.34. The topological polar surface area (TPSA) is 127 Å². The lowest BCUT2D eigenvalue weighted by molar-refractivity contribution is -0.138. The highest BCUT2D eigenvalue weighted by Crippen LogP contribution is 2.38. The van der Waals surface area contributed by atoms with Crippen molar-refractivity contribution < 1.29 is 54.9 Å². The number of nitrogens with one attached hydrogen (secondary N) is 2. The van der Waals surface area contributed by atoms with E-state index in [4.69, 9.17) is 30.5 Å². The average Bonchev–Trinajstić information content (AvgIpc) is 3.18. The molecule has 2 fully saturated rings. The first-order valence-corrected chi connectivity index (χ1v) is 20.6. The van der Waals surface area contributed by atoms with Gasteiger partial charge in [-0.25, -0.2) is 19.6 Å². The smallest absolute Gasteiger partial charge is 0.416 e. The summed E-state index contributed by atoms with van der Waals surface area (Å²) in [4.78, 5) is 36.7. The van der Waals surface area contributed by atoms with Crippen LogP contribution in [0, 0.1) is 0 Å². The third kappa shape index (κ3) is 15.3. The van der Waals surface area contributed by atoms with Gasteiger partial charge >= 0.3 is 24.5 Å². The summed E-state index contributed by atoms with van der Waals surface area (Å²) < 4.78 is 98.2. The van der Waals surface area contributed by atoms with Crippen molar-refractivity contribution in [2.75, 3.05) is 36.0 Å². The number of pyridine rings is 2. The SMILES string of the molecule is CC(C)(C)OC(=O)NC1CCN(c2cc(Oc3ccc(C(F)(F)F)cc3)ccn2)CC1.CC(C)(C)OC(=O)NC1CCN(c2nccc(Oc3ccc(C(F)(F)F)cc3)c2Cl)CC1. The van der Waals surface area contributed by atoms with Crippen LogP contribution in [0.15, 0.2) is 79.1 Å². The van der Waals surface area contributed by atoms with E-state index in [1.54, 1.807) is 24.4 Å². The van der Waals surface area contributed by atoms with Crippen LogP contribution in [0.1, 0.15) is 78.4 Å². The van der Waals surface area contributed by atoms with Crippen molar-refractivity contribution in [2.24, 2.45) is 0 Å². The number of carbonyl (C=O) groups is 2. The number of ether oxygens (including phenoxy) is 4. The van der Waals surface area contributed by atoms with Crippen molar-refractivity contribution in [3.63, 3.8) is 0 Å². The van der Waals surface area contributed by atoms with Crippen molar-refractivity contribution in [3.8, 4) is 23.0 Å². The number of amides is 2. The van der Waals surface area contributed by atoms with Gasteiger partial charge in [-0.15, -0.1) is 0 Å². The van der Waals surface area contributed by atoms with Gasteiger partial charge in [0.05, 0.1) is 11.1 Å². The van der Waals surface area contributed by atoms with Crippen molar-refractivity contribution >= 4 is 35.4 Å². The minimum atomic E-state index is -4.41.